The molecule has 1 atom stereocenters. The highest BCUT2D eigenvalue weighted by atomic mass is 16.5. The number of hydrogen-bond donors (Lipinski definition) is 1. The second-order valence-corrected chi connectivity index (χ2v) is 9.05. The Morgan fingerprint density at radius 3 is 2.44 bits per heavy atom. The third-order valence-electron chi connectivity index (χ3n) is 6.37. The number of ether oxygens (including phenoxy) is 2. The van der Waals surface area contributed by atoms with Gasteiger partial charge in [-0.2, -0.15) is 0 Å². The number of amides is 1. The molecule has 7 nitrogen and oxygen atoms in total. The molecule has 0 aromatic heterocycles. The Hall–Kier alpha value is -3.84. The fourth-order valence-corrected chi connectivity index (χ4v) is 4.64. The van der Waals surface area contributed by atoms with Gasteiger partial charge in [0.15, 0.2) is 11.5 Å². The number of ketones is 1. The SMILES string of the molecule is CCOc1ccc(C2/C(=C(\O)c3ccc4ccccc4c3)C(=O)C(=O)N2CCCN(C)C)cc1OC. The van der Waals surface area contributed by atoms with Gasteiger partial charge in [0, 0.05) is 12.1 Å². The molecule has 1 aliphatic rings. The molecule has 3 aromatic rings. The summed E-state index contributed by atoms with van der Waals surface area (Å²) in [5.74, 6) is -0.425. The van der Waals surface area contributed by atoms with Crippen molar-refractivity contribution >= 4 is 28.2 Å². The van der Waals surface area contributed by atoms with E-state index in [0.29, 0.717) is 42.2 Å². The summed E-state index contributed by atoms with van der Waals surface area (Å²) in [6, 6.07) is 17.9. The van der Waals surface area contributed by atoms with Crippen molar-refractivity contribution in [2.75, 3.05) is 40.9 Å². The van der Waals surface area contributed by atoms with E-state index in [0.717, 1.165) is 17.3 Å². The first-order chi connectivity index (χ1) is 17.3. The fraction of sp³-hybridized carbons (Fsp3) is 0.310. The largest absolute Gasteiger partial charge is 0.507 e. The third-order valence-corrected chi connectivity index (χ3v) is 6.37. The van der Waals surface area contributed by atoms with Crippen LogP contribution in [0.4, 0.5) is 0 Å². The van der Waals surface area contributed by atoms with E-state index < -0.39 is 17.7 Å². The van der Waals surface area contributed by atoms with E-state index in [4.69, 9.17) is 9.47 Å². The summed E-state index contributed by atoms with van der Waals surface area (Å²) >= 11 is 0. The quantitative estimate of drug-likeness (QED) is 0.269. The number of hydrogen-bond acceptors (Lipinski definition) is 6. The Morgan fingerprint density at radius 2 is 1.75 bits per heavy atom. The lowest BCUT2D eigenvalue weighted by Gasteiger charge is -2.26. The number of aliphatic hydroxyl groups excluding tert-OH is 1. The fourth-order valence-electron chi connectivity index (χ4n) is 4.64. The zero-order valence-corrected chi connectivity index (χ0v) is 21.2. The molecule has 7 heteroatoms. The minimum Gasteiger partial charge on any atom is -0.507 e. The van der Waals surface area contributed by atoms with E-state index in [1.165, 1.54) is 0 Å². The van der Waals surface area contributed by atoms with Gasteiger partial charge in [0.05, 0.1) is 25.3 Å². The van der Waals surface area contributed by atoms with Gasteiger partial charge in [-0.05, 0) is 68.5 Å². The number of likely N-dealkylation sites (tertiary alicyclic amines) is 1. The predicted octanol–water partition coefficient (Wildman–Crippen LogP) is 4.62. The van der Waals surface area contributed by atoms with Crippen LogP contribution in [-0.2, 0) is 9.59 Å². The van der Waals surface area contributed by atoms with Crippen molar-refractivity contribution in [2.45, 2.75) is 19.4 Å². The van der Waals surface area contributed by atoms with Gasteiger partial charge in [0.2, 0.25) is 0 Å². The monoisotopic (exact) mass is 488 g/mol. The van der Waals surface area contributed by atoms with E-state index in [2.05, 4.69) is 0 Å². The van der Waals surface area contributed by atoms with Gasteiger partial charge in [-0.3, -0.25) is 9.59 Å². The van der Waals surface area contributed by atoms with Gasteiger partial charge in [0.25, 0.3) is 11.7 Å². The van der Waals surface area contributed by atoms with E-state index in [1.807, 2.05) is 68.4 Å². The Balaban J connectivity index is 1.84. The Bertz CT molecular complexity index is 1310. The molecule has 3 aromatic carbocycles. The lowest BCUT2D eigenvalue weighted by molar-refractivity contribution is -0.139. The normalized spacial score (nSPS) is 17.2. The van der Waals surface area contributed by atoms with Crippen LogP contribution in [0.2, 0.25) is 0 Å². The number of carbonyl (C=O) groups excluding carboxylic acids is 2. The van der Waals surface area contributed by atoms with Crippen LogP contribution in [0.25, 0.3) is 16.5 Å². The average molecular weight is 489 g/mol. The third kappa shape index (κ3) is 4.93. The van der Waals surface area contributed by atoms with Crippen LogP contribution in [0.5, 0.6) is 11.5 Å². The molecule has 0 radical (unpaired) electrons. The van der Waals surface area contributed by atoms with Crippen molar-refractivity contribution in [1.82, 2.24) is 9.80 Å². The molecular formula is C29H32N2O5. The van der Waals surface area contributed by atoms with Crippen molar-refractivity contribution in [3.05, 3.63) is 77.4 Å². The van der Waals surface area contributed by atoms with Crippen LogP contribution < -0.4 is 9.47 Å². The second kappa shape index (κ2) is 10.8. The number of benzene rings is 3. The standard InChI is InChI=1S/C29H32N2O5/c1-5-36-23-14-13-21(18-24(23)35-4)26-25(28(33)29(34)31(26)16-8-15-30(2)3)27(32)22-12-11-19-9-6-7-10-20(19)17-22/h6-7,9-14,17-18,26,32H,5,8,15-16H2,1-4H3/b27-25+. The molecule has 1 fully saturated rings. The Morgan fingerprint density at radius 1 is 1.00 bits per heavy atom. The van der Waals surface area contributed by atoms with Gasteiger partial charge in [-0.1, -0.05) is 42.5 Å². The molecule has 1 N–H and O–H groups in total. The lowest BCUT2D eigenvalue weighted by Crippen LogP contribution is -2.32. The first-order valence-electron chi connectivity index (χ1n) is 12.1. The smallest absolute Gasteiger partial charge is 0.295 e. The summed E-state index contributed by atoms with van der Waals surface area (Å²) in [5, 5.41) is 13.4. The molecular weight excluding hydrogens is 456 g/mol. The molecule has 1 heterocycles. The van der Waals surface area contributed by atoms with Gasteiger partial charge in [-0.25, -0.2) is 0 Å². The summed E-state index contributed by atoms with van der Waals surface area (Å²) in [6.45, 7) is 3.49. The van der Waals surface area contributed by atoms with Crippen molar-refractivity contribution < 1.29 is 24.2 Å². The highest BCUT2D eigenvalue weighted by Crippen LogP contribution is 2.42. The number of carbonyl (C=O) groups is 2. The van der Waals surface area contributed by atoms with Crippen LogP contribution >= 0.6 is 0 Å². The first-order valence-corrected chi connectivity index (χ1v) is 12.1. The zero-order chi connectivity index (χ0) is 25.8. The van der Waals surface area contributed by atoms with Gasteiger partial charge >= 0.3 is 0 Å². The Labute approximate surface area is 211 Å². The van der Waals surface area contributed by atoms with Crippen molar-refractivity contribution in [1.29, 1.82) is 0 Å². The van der Waals surface area contributed by atoms with Crippen LogP contribution in [0.1, 0.15) is 30.5 Å². The zero-order valence-electron chi connectivity index (χ0n) is 21.2. The Kier molecular flexibility index (Phi) is 7.60. The van der Waals surface area contributed by atoms with E-state index in [-0.39, 0.29) is 11.3 Å². The topological polar surface area (TPSA) is 79.3 Å². The average Bonchev–Trinajstić information content (AvgIpc) is 3.13. The molecule has 36 heavy (non-hydrogen) atoms. The minimum atomic E-state index is -0.747. The number of Topliss-reactive ketones (excluding diaryl/α,β-unsaturated/α-hetero) is 1. The number of nitrogens with zero attached hydrogens (tertiary/aromatic N) is 2. The lowest BCUT2D eigenvalue weighted by atomic mass is 9.94. The van der Waals surface area contributed by atoms with Crippen LogP contribution in [0.3, 0.4) is 0 Å². The van der Waals surface area contributed by atoms with Gasteiger partial charge in [0.1, 0.15) is 5.76 Å². The molecule has 0 saturated carbocycles. The van der Waals surface area contributed by atoms with E-state index >= 15 is 0 Å². The van der Waals surface area contributed by atoms with Crippen LogP contribution in [-0.4, -0.2) is 67.5 Å². The molecule has 4 rings (SSSR count). The number of methoxy groups -OCH3 is 1. The van der Waals surface area contributed by atoms with Crippen LogP contribution in [0, 0.1) is 0 Å². The predicted molar refractivity (Wildman–Crippen MR) is 140 cm³/mol. The van der Waals surface area contributed by atoms with Crippen molar-refractivity contribution in [2.24, 2.45) is 0 Å². The summed E-state index contributed by atoms with van der Waals surface area (Å²) < 4.78 is 11.2. The maximum atomic E-state index is 13.3. The van der Waals surface area contributed by atoms with Gasteiger partial charge in [-0.15, -0.1) is 0 Å². The van der Waals surface area contributed by atoms with Crippen molar-refractivity contribution in [3.8, 4) is 11.5 Å². The van der Waals surface area contributed by atoms with Crippen LogP contribution in [0.15, 0.2) is 66.2 Å². The maximum absolute atomic E-state index is 13.3. The minimum absolute atomic E-state index is 0.0753. The summed E-state index contributed by atoms with van der Waals surface area (Å²) in [4.78, 5) is 30.1. The maximum Gasteiger partial charge on any atom is 0.295 e. The molecule has 1 saturated heterocycles. The van der Waals surface area contributed by atoms with E-state index in [9.17, 15) is 14.7 Å². The summed E-state index contributed by atoms with van der Waals surface area (Å²) in [6.07, 6.45) is 0.681. The molecule has 1 amide bonds. The van der Waals surface area contributed by atoms with Gasteiger partial charge < -0.3 is 24.4 Å². The van der Waals surface area contributed by atoms with E-state index in [1.54, 1.807) is 30.2 Å². The highest BCUT2D eigenvalue weighted by molar-refractivity contribution is 6.46. The molecule has 0 spiro atoms. The highest BCUT2D eigenvalue weighted by Gasteiger charge is 2.46. The molecule has 1 aliphatic heterocycles. The molecule has 0 bridgehead atoms. The summed E-state index contributed by atoms with van der Waals surface area (Å²) in [7, 11) is 5.47. The number of rotatable bonds is 9. The first kappa shape index (κ1) is 25.3. The molecule has 0 aliphatic carbocycles. The number of aliphatic hydroxyl groups is 1. The molecule has 188 valence electrons. The number of fused-ring (bicyclic) bond motifs is 1. The van der Waals surface area contributed by atoms with Crippen molar-refractivity contribution in [3.63, 3.8) is 0 Å². The molecule has 1 unspecified atom stereocenters. The summed E-state index contributed by atoms with van der Waals surface area (Å²) in [5.41, 5.74) is 1.23. The second-order valence-electron chi connectivity index (χ2n) is 9.05.